The molecule has 1 heterocycles. The van der Waals surface area contributed by atoms with Crippen molar-refractivity contribution in [1.29, 1.82) is 0 Å². The molecule has 0 aromatic carbocycles. The molecule has 12 heavy (non-hydrogen) atoms. The van der Waals surface area contributed by atoms with Gasteiger partial charge in [-0.1, -0.05) is 0 Å². The zero-order valence-corrected chi connectivity index (χ0v) is 8.17. The number of aromatic amines is 1. The van der Waals surface area contributed by atoms with E-state index in [1.165, 1.54) is 6.20 Å². The first-order valence-corrected chi connectivity index (χ1v) is 2.99. The SMILES string of the molecule is Cc1ncc(CN)c(=O)[nH]1.Cl.Cl. The summed E-state index contributed by atoms with van der Waals surface area (Å²) in [5, 5.41) is 0. The van der Waals surface area contributed by atoms with Crippen LogP contribution in [0.3, 0.4) is 0 Å². The second-order valence-electron chi connectivity index (χ2n) is 2.03. The van der Waals surface area contributed by atoms with Crippen LogP contribution in [0, 0.1) is 6.92 Å². The standard InChI is InChI=1S/C6H9N3O.2ClH/c1-4-8-3-5(2-7)6(10)9-4;;/h3H,2,7H2,1H3,(H,8,9,10);2*1H. The van der Waals surface area contributed by atoms with E-state index in [2.05, 4.69) is 9.97 Å². The molecule has 0 aliphatic carbocycles. The molecule has 0 unspecified atom stereocenters. The minimum Gasteiger partial charge on any atom is -0.326 e. The molecule has 4 nitrogen and oxygen atoms in total. The fourth-order valence-electron chi connectivity index (χ4n) is 0.656. The van der Waals surface area contributed by atoms with Crippen LogP contribution in [0.4, 0.5) is 0 Å². The van der Waals surface area contributed by atoms with Crippen LogP contribution in [-0.2, 0) is 6.54 Å². The van der Waals surface area contributed by atoms with Crippen LogP contribution in [0.1, 0.15) is 11.4 Å². The summed E-state index contributed by atoms with van der Waals surface area (Å²) in [6.45, 7) is 1.96. The van der Waals surface area contributed by atoms with E-state index in [4.69, 9.17) is 5.73 Å². The minimum absolute atomic E-state index is 0. The quantitative estimate of drug-likeness (QED) is 0.706. The molecule has 0 saturated heterocycles. The highest BCUT2D eigenvalue weighted by Crippen LogP contribution is 1.84. The average molecular weight is 212 g/mol. The van der Waals surface area contributed by atoms with Crippen molar-refractivity contribution in [2.75, 3.05) is 0 Å². The zero-order valence-electron chi connectivity index (χ0n) is 6.53. The molecule has 0 fully saturated rings. The van der Waals surface area contributed by atoms with Crippen molar-refractivity contribution in [3.05, 3.63) is 27.9 Å². The van der Waals surface area contributed by atoms with Gasteiger partial charge in [-0.15, -0.1) is 24.8 Å². The van der Waals surface area contributed by atoms with Crippen LogP contribution < -0.4 is 11.3 Å². The molecule has 0 spiro atoms. The second kappa shape index (κ2) is 5.99. The Morgan fingerprint density at radius 3 is 2.58 bits per heavy atom. The highest BCUT2D eigenvalue weighted by Gasteiger charge is 1.95. The number of halogens is 2. The van der Waals surface area contributed by atoms with Crippen LogP contribution >= 0.6 is 24.8 Å². The second-order valence-corrected chi connectivity index (χ2v) is 2.03. The molecule has 0 aliphatic rings. The lowest BCUT2D eigenvalue weighted by atomic mass is 10.3. The third kappa shape index (κ3) is 3.21. The van der Waals surface area contributed by atoms with Gasteiger partial charge in [0.25, 0.3) is 5.56 Å². The van der Waals surface area contributed by atoms with Gasteiger partial charge >= 0.3 is 0 Å². The average Bonchev–Trinajstić information content (AvgIpc) is 1.88. The Balaban J connectivity index is 0. The molecule has 70 valence electrons. The van der Waals surface area contributed by atoms with E-state index in [0.717, 1.165) is 0 Å². The van der Waals surface area contributed by atoms with Crippen LogP contribution in [0.25, 0.3) is 0 Å². The van der Waals surface area contributed by atoms with Gasteiger partial charge in [0.1, 0.15) is 5.82 Å². The van der Waals surface area contributed by atoms with Crippen molar-refractivity contribution in [1.82, 2.24) is 9.97 Å². The van der Waals surface area contributed by atoms with E-state index >= 15 is 0 Å². The molecule has 1 aromatic heterocycles. The lowest BCUT2D eigenvalue weighted by Gasteiger charge is -1.93. The van der Waals surface area contributed by atoms with Gasteiger partial charge < -0.3 is 10.7 Å². The molecule has 0 atom stereocenters. The zero-order chi connectivity index (χ0) is 7.56. The number of nitrogens with two attached hydrogens (primary N) is 1. The number of hydrogen-bond acceptors (Lipinski definition) is 3. The number of aryl methyl sites for hydroxylation is 1. The molecule has 3 N–H and O–H groups in total. The maximum absolute atomic E-state index is 10.9. The highest BCUT2D eigenvalue weighted by atomic mass is 35.5. The Hall–Kier alpha value is -0.580. The fourth-order valence-corrected chi connectivity index (χ4v) is 0.656. The molecule has 0 saturated carbocycles. The molecule has 0 aliphatic heterocycles. The molecule has 1 rings (SSSR count). The highest BCUT2D eigenvalue weighted by molar-refractivity contribution is 5.85. The summed E-state index contributed by atoms with van der Waals surface area (Å²) < 4.78 is 0. The van der Waals surface area contributed by atoms with E-state index in [0.29, 0.717) is 11.4 Å². The van der Waals surface area contributed by atoms with E-state index in [1.807, 2.05) is 0 Å². The maximum atomic E-state index is 10.9. The van der Waals surface area contributed by atoms with Crippen molar-refractivity contribution in [2.24, 2.45) is 5.73 Å². The fraction of sp³-hybridized carbons (Fsp3) is 0.333. The van der Waals surface area contributed by atoms with Crippen molar-refractivity contribution in [3.63, 3.8) is 0 Å². The Labute approximate surface area is 82.4 Å². The van der Waals surface area contributed by atoms with Gasteiger partial charge in [0.15, 0.2) is 0 Å². The number of rotatable bonds is 1. The summed E-state index contributed by atoms with van der Waals surface area (Å²) in [4.78, 5) is 17.3. The summed E-state index contributed by atoms with van der Waals surface area (Å²) in [7, 11) is 0. The smallest absolute Gasteiger partial charge is 0.255 e. The van der Waals surface area contributed by atoms with E-state index in [-0.39, 0.29) is 36.9 Å². The van der Waals surface area contributed by atoms with Gasteiger partial charge in [-0.25, -0.2) is 4.98 Å². The van der Waals surface area contributed by atoms with Gasteiger partial charge in [0.05, 0.1) is 0 Å². The Morgan fingerprint density at radius 2 is 2.17 bits per heavy atom. The van der Waals surface area contributed by atoms with Gasteiger partial charge in [0, 0.05) is 18.3 Å². The predicted octanol–water partition coefficient (Wildman–Crippen LogP) is 0.381. The third-order valence-electron chi connectivity index (χ3n) is 1.22. The molecule has 0 radical (unpaired) electrons. The summed E-state index contributed by atoms with van der Waals surface area (Å²) in [6, 6.07) is 0. The Morgan fingerprint density at radius 1 is 1.58 bits per heavy atom. The summed E-state index contributed by atoms with van der Waals surface area (Å²) in [6.07, 6.45) is 1.49. The first-order valence-electron chi connectivity index (χ1n) is 2.99. The molecular formula is C6H11Cl2N3O. The maximum Gasteiger partial charge on any atom is 0.255 e. The van der Waals surface area contributed by atoms with Crippen molar-refractivity contribution in [2.45, 2.75) is 13.5 Å². The summed E-state index contributed by atoms with van der Waals surface area (Å²) >= 11 is 0. The van der Waals surface area contributed by atoms with Crippen molar-refractivity contribution in [3.8, 4) is 0 Å². The lowest BCUT2D eigenvalue weighted by Crippen LogP contribution is -2.17. The van der Waals surface area contributed by atoms with E-state index < -0.39 is 0 Å². The topological polar surface area (TPSA) is 71.8 Å². The largest absolute Gasteiger partial charge is 0.326 e. The van der Waals surface area contributed by atoms with Crippen LogP contribution in [-0.4, -0.2) is 9.97 Å². The van der Waals surface area contributed by atoms with Gasteiger partial charge in [-0.05, 0) is 6.92 Å². The van der Waals surface area contributed by atoms with E-state index in [9.17, 15) is 4.79 Å². The van der Waals surface area contributed by atoms with Crippen LogP contribution in [0.15, 0.2) is 11.0 Å². The number of H-pyrrole nitrogens is 1. The van der Waals surface area contributed by atoms with Crippen molar-refractivity contribution < 1.29 is 0 Å². The summed E-state index contributed by atoms with van der Waals surface area (Å²) in [5.74, 6) is 0.613. The van der Waals surface area contributed by atoms with Gasteiger partial charge in [0.2, 0.25) is 0 Å². The third-order valence-corrected chi connectivity index (χ3v) is 1.22. The van der Waals surface area contributed by atoms with Crippen molar-refractivity contribution >= 4 is 24.8 Å². The lowest BCUT2D eigenvalue weighted by molar-refractivity contribution is 0.935. The molecular weight excluding hydrogens is 201 g/mol. The molecule has 1 aromatic rings. The monoisotopic (exact) mass is 211 g/mol. The summed E-state index contributed by atoms with van der Waals surface area (Å²) in [5.41, 5.74) is 5.62. The molecule has 6 heteroatoms. The Bertz CT molecular complexity index is 286. The van der Waals surface area contributed by atoms with Gasteiger partial charge in [-0.2, -0.15) is 0 Å². The molecule has 0 bridgehead atoms. The normalized spacial score (nSPS) is 8.17. The first-order chi connectivity index (χ1) is 4.74. The Kier molecular flexibility index (Phi) is 6.98. The number of aromatic nitrogens is 2. The van der Waals surface area contributed by atoms with Gasteiger partial charge in [-0.3, -0.25) is 4.79 Å². The predicted molar refractivity (Wildman–Crippen MR) is 52.0 cm³/mol. The van der Waals surface area contributed by atoms with Crippen LogP contribution in [0.5, 0.6) is 0 Å². The number of nitrogens with zero attached hydrogens (tertiary/aromatic N) is 1. The number of hydrogen-bond donors (Lipinski definition) is 2. The minimum atomic E-state index is -0.144. The first kappa shape index (κ1) is 14.0. The number of nitrogens with one attached hydrogen (secondary N) is 1. The van der Waals surface area contributed by atoms with Crippen LogP contribution in [0.2, 0.25) is 0 Å². The van der Waals surface area contributed by atoms with E-state index in [1.54, 1.807) is 6.92 Å². The molecule has 0 amide bonds.